The molecule has 34 heavy (non-hydrogen) atoms. The van der Waals surface area contributed by atoms with Crippen molar-refractivity contribution in [1.29, 1.82) is 0 Å². The van der Waals surface area contributed by atoms with Gasteiger partial charge in [-0.3, -0.25) is 4.79 Å². The Morgan fingerprint density at radius 1 is 0.941 bits per heavy atom. The average molecular weight is 456 g/mol. The van der Waals surface area contributed by atoms with E-state index in [0.717, 1.165) is 53.3 Å². The number of hydrogen-bond donors (Lipinski definition) is 1. The molecular weight excluding hydrogens is 426 g/mol. The minimum Gasteiger partial charge on any atom is -0.497 e. The molecule has 0 fully saturated rings. The van der Waals surface area contributed by atoms with Gasteiger partial charge in [0.1, 0.15) is 17.3 Å². The molecule has 1 heterocycles. The molecular formula is C28H29N3O3. The molecule has 4 aromatic rings. The lowest BCUT2D eigenvalue weighted by atomic mass is 10.2. The van der Waals surface area contributed by atoms with E-state index in [9.17, 15) is 4.79 Å². The number of amides is 1. The van der Waals surface area contributed by atoms with Crippen LogP contribution in [-0.2, 0) is 17.9 Å². The van der Waals surface area contributed by atoms with Crippen molar-refractivity contribution in [3.05, 3.63) is 96.3 Å². The fraction of sp³-hybridized carbons (Fsp3) is 0.214. The number of carbonyl (C=O) groups excluding carboxylic acids is 1. The number of aromatic nitrogens is 2. The van der Waals surface area contributed by atoms with Gasteiger partial charge in [0, 0.05) is 12.6 Å². The highest BCUT2D eigenvalue weighted by Gasteiger charge is 2.11. The number of nitrogens with one attached hydrogen (secondary N) is 1. The van der Waals surface area contributed by atoms with Crippen molar-refractivity contribution in [2.45, 2.75) is 25.9 Å². The van der Waals surface area contributed by atoms with Crippen LogP contribution in [0.1, 0.15) is 24.2 Å². The van der Waals surface area contributed by atoms with Crippen molar-refractivity contribution >= 4 is 23.0 Å². The number of aryl methyl sites for hydroxylation is 1. The van der Waals surface area contributed by atoms with E-state index in [1.54, 1.807) is 19.3 Å². The predicted molar refractivity (Wildman–Crippen MR) is 135 cm³/mol. The zero-order valence-electron chi connectivity index (χ0n) is 19.3. The van der Waals surface area contributed by atoms with Crippen molar-refractivity contribution in [3.63, 3.8) is 0 Å². The van der Waals surface area contributed by atoms with Gasteiger partial charge >= 0.3 is 0 Å². The van der Waals surface area contributed by atoms with Crippen LogP contribution in [-0.4, -0.2) is 29.2 Å². The molecule has 0 spiro atoms. The summed E-state index contributed by atoms with van der Waals surface area (Å²) in [5.41, 5.74) is 2.99. The summed E-state index contributed by atoms with van der Waals surface area (Å²) in [6.07, 6.45) is 5.20. The normalized spacial score (nSPS) is 11.1. The minimum absolute atomic E-state index is 0.143. The minimum atomic E-state index is -0.143. The molecule has 3 aromatic carbocycles. The summed E-state index contributed by atoms with van der Waals surface area (Å²) >= 11 is 0. The summed E-state index contributed by atoms with van der Waals surface area (Å²) in [6, 6.07) is 25.4. The Balaban J connectivity index is 1.32. The Hall–Kier alpha value is -4.06. The van der Waals surface area contributed by atoms with E-state index in [4.69, 9.17) is 14.5 Å². The number of carbonyl (C=O) groups is 1. The van der Waals surface area contributed by atoms with E-state index in [-0.39, 0.29) is 5.91 Å². The predicted octanol–water partition coefficient (Wildman–Crippen LogP) is 5.23. The molecule has 0 saturated carbocycles. The lowest BCUT2D eigenvalue weighted by Crippen LogP contribution is -2.22. The van der Waals surface area contributed by atoms with E-state index in [1.165, 1.54) is 0 Å². The van der Waals surface area contributed by atoms with Crippen molar-refractivity contribution in [2.24, 2.45) is 0 Å². The number of nitrogens with zero attached hydrogens (tertiary/aromatic N) is 2. The zero-order valence-corrected chi connectivity index (χ0v) is 19.3. The standard InChI is InChI=1S/C28H29N3O3/c1-33-23-14-16-24(17-15-23)34-20-8-7-19-31-26-12-6-5-11-25(26)30-27(31)21-29-28(32)18-13-22-9-3-2-4-10-22/h2-6,9-18H,7-8,19-21H2,1H3,(H,29,32)/b18-13-. The Kier molecular flexibility index (Phi) is 7.95. The highest BCUT2D eigenvalue weighted by Crippen LogP contribution is 2.19. The number of fused-ring (bicyclic) bond motifs is 1. The van der Waals surface area contributed by atoms with Gasteiger partial charge < -0.3 is 19.4 Å². The third kappa shape index (κ3) is 6.25. The lowest BCUT2D eigenvalue weighted by molar-refractivity contribution is -0.116. The first-order chi connectivity index (χ1) is 16.7. The van der Waals surface area contributed by atoms with E-state index in [0.29, 0.717) is 13.2 Å². The van der Waals surface area contributed by atoms with Gasteiger partial charge in [-0.2, -0.15) is 0 Å². The van der Waals surface area contributed by atoms with Crippen LogP contribution in [0.2, 0.25) is 0 Å². The fourth-order valence-corrected chi connectivity index (χ4v) is 3.70. The highest BCUT2D eigenvalue weighted by molar-refractivity contribution is 5.91. The number of benzene rings is 3. The smallest absolute Gasteiger partial charge is 0.244 e. The number of ether oxygens (including phenoxy) is 2. The number of rotatable bonds is 11. The number of methoxy groups -OCH3 is 1. The largest absolute Gasteiger partial charge is 0.497 e. The fourth-order valence-electron chi connectivity index (χ4n) is 3.70. The van der Waals surface area contributed by atoms with Crippen molar-refractivity contribution in [2.75, 3.05) is 13.7 Å². The second-order valence-electron chi connectivity index (χ2n) is 7.86. The second-order valence-corrected chi connectivity index (χ2v) is 7.86. The Morgan fingerprint density at radius 2 is 1.68 bits per heavy atom. The van der Waals surface area contributed by atoms with Crippen LogP contribution in [0.25, 0.3) is 17.1 Å². The van der Waals surface area contributed by atoms with Crippen LogP contribution in [0.3, 0.4) is 0 Å². The van der Waals surface area contributed by atoms with Crippen LogP contribution in [0.5, 0.6) is 11.5 Å². The van der Waals surface area contributed by atoms with E-state index in [1.807, 2.05) is 72.8 Å². The molecule has 0 radical (unpaired) electrons. The Bertz CT molecular complexity index is 1230. The maximum Gasteiger partial charge on any atom is 0.244 e. The van der Waals surface area contributed by atoms with Crippen molar-refractivity contribution in [3.8, 4) is 11.5 Å². The van der Waals surface area contributed by atoms with Gasteiger partial charge in [0.05, 0.1) is 31.3 Å². The lowest BCUT2D eigenvalue weighted by Gasteiger charge is -2.11. The first kappa shape index (κ1) is 23.1. The molecule has 4 rings (SSSR count). The van der Waals surface area contributed by atoms with Gasteiger partial charge in [0.15, 0.2) is 0 Å². The first-order valence-electron chi connectivity index (χ1n) is 11.4. The van der Waals surface area contributed by atoms with Crippen molar-refractivity contribution < 1.29 is 14.3 Å². The van der Waals surface area contributed by atoms with Crippen LogP contribution < -0.4 is 14.8 Å². The summed E-state index contributed by atoms with van der Waals surface area (Å²) in [4.78, 5) is 17.1. The van der Waals surface area contributed by atoms with E-state index in [2.05, 4.69) is 16.0 Å². The van der Waals surface area contributed by atoms with E-state index < -0.39 is 0 Å². The second kappa shape index (κ2) is 11.7. The van der Waals surface area contributed by atoms with Crippen LogP contribution in [0.4, 0.5) is 0 Å². The van der Waals surface area contributed by atoms with Crippen LogP contribution in [0.15, 0.2) is 84.9 Å². The van der Waals surface area contributed by atoms with Gasteiger partial charge in [-0.15, -0.1) is 0 Å². The number of hydrogen-bond acceptors (Lipinski definition) is 4. The summed E-state index contributed by atoms with van der Waals surface area (Å²) in [7, 11) is 1.65. The van der Waals surface area contributed by atoms with Crippen LogP contribution in [0, 0.1) is 0 Å². The number of imidazole rings is 1. The third-order valence-corrected chi connectivity index (χ3v) is 5.49. The zero-order chi connectivity index (χ0) is 23.6. The maximum atomic E-state index is 12.3. The van der Waals surface area contributed by atoms with E-state index >= 15 is 0 Å². The Morgan fingerprint density at radius 3 is 2.47 bits per heavy atom. The van der Waals surface area contributed by atoms with Gasteiger partial charge in [-0.05, 0) is 60.9 Å². The third-order valence-electron chi connectivity index (χ3n) is 5.49. The summed E-state index contributed by atoms with van der Waals surface area (Å²) in [5.74, 6) is 2.35. The molecule has 0 saturated heterocycles. The molecule has 0 atom stereocenters. The number of para-hydroxylation sites is 2. The maximum absolute atomic E-state index is 12.3. The summed E-state index contributed by atoms with van der Waals surface area (Å²) in [5, 5.41) is 2.96. The molecule has 0 unspecified atom stereocenters. The molecule has 6 heteroatoms. The molecule has 174 valence electrons. The Labute approximate surface area is 199 Å². The van der Waals surface area contributed by atoms with Gasteiger partial charge in [-0.1, -0.05) is 42.5 Å². The molecule has 1 N–H and O–H groups in total. The average Bonchev–Trinajstić information content (AvgIpc) is 3.24. The summed E-state index contributed by atoms with van der Waals surface area (Å²) < 4.78 is 13.2. The summed E-state index contributed by atoms with van der Waals surface area (Å²) in [6.45, 7) is 1.81. The highest BCUT2D eigenvalue weighted by atomic mass is 16.5. The van der Waals surface area contributed by atoms with Gasteiger partial charge in [0.25, 0.3) is 0 Å². The van der Waals surface area contributed by atoms with Crippen LogP contribution >= 0.6 is 0 Å². The molecule has 0 aliphatic heterocycles. The quantitative estimate of drug-likeness (QED) is 0.248. The van der Waals surface area contributed by atoms with Gasteiger partial charge in [0.2, 0.25) is 5.91 Å². The molecule has 1 aromatic heterocycles. The molecule has 1 amide bonds. The molecule has 0 bridgehead atoms. The molecule has 6 nitrogen and oxygen atoms in total. The van der Waals surface area contributed by atoms with Gasteiger partial charge in [-0.25, -0.2) is 4.98 Å². The molecule has 0 aliphatic rings. The monoisotopic (exact) mass is 455 g/mol. The first-order valence-corrected chi connectivity index (χ1v) is 11.4. The SMILES string of the molecule is COc1ccc(OCCCCn2c(CNC(=O)/C=C\c3ccccc3)nc3ccccc32)cc1. The number of unbranched alkanes of at least 4 members (excludes halogenated alkanes) is 1. The topological polar surface area (TPSA) is 65.4 Å². The molecule has 0 aliphatic carbocycles. The van der Waals surface area contributed by atoms with Crippen molar-refractivity contribution in [1.82, 2.24) is 14.9 Å².